The van der Waals surface area contributed by atoms with Crippen molar-refractivity contribution in [2.45, 2.75) is 24.0 Å². The Labute approximate surface area is 94.0 Å². The molecule has 0 bridgehead atoms. The van der Waals surface area contributed by atoms with Crippen LogP contribution in [0.1, 0.15) is 17.2 Å². The number of halogens is 3. The normalized spacial score (nSPS) is 24.3. The van der Waals surface area contributed by atoms with Crippen molar-refractivity contribution < 1.29 is 18.6 Å². The number of benzene rings is 1. The van der Waals surface area contributed by atoms with Gasteiger partial charge in [0.2, 0.25) is 0 Å². The van der Waals surface area contributed by atoms with Crippen molar-refractivity contribution in [1.29, 1.82) is 0 Å². The van der Waals surface area contributed by atoms with Crippen LogP contribution < -0.4 is 4.74 Å². The summed E-state index contributed by atoms with van der Waals surface area (Å²) in [7, 11) is 0. The molecule has 0 spiro atoms. The number of aliphatic hydroxyl groups excluding tert-OH is 1. The topological polar surface area (TPSA) is 29.5 Å². The molecule has 2 atom stereocenters. The van der Waals surface area contributed by atoms with Gasteiger partial charge >= 0.3 is 6.61 Å². The lowest BCUT2D eigenvalue weighted by atomic mass is 10.1. The molecule has 0 aromatic heterocycles. The molecule has 5 heteroatoms. The van der Waals surface area contributed by atoms with E-state index >= 15 is 0 Å². The van der Waals surface area contributed by atoms with Gasteiger partial charge in [-0.05, 0) is 29.7 Å². The largest absolute Gasteiger partial charge is 0.435 e. The van der Waals surface area contributed by atoms with Crippen LogP contribution in [0, 0.1) is 0 Å². The van der Waals surface area contributed by atoms with E-state index in [-0.39, 0.29) is 10.6 Å². The Hall–Kier alpha value is -0.680. The van der Waals surface area contributed by atoms with Crippen LogP contribution in [-0.4, -0.2) is 16.5 Å². The van der Waals surface area contributed by atoms with E-state index in [0.717, 1.165) is 11.1 Å². The number of fused-ring (bicyclic) bond motifs is 1. The molecule has 0 heterocycles. The van der Waals surface area contributed by atoms with Gasteiger partial charge in [-0.3, -0.25) is 0 Å². The lowest BCUT2D eigenvalue weighted by Gasteiger charge is -2.08. The maximum Gasteiger partial charge on any atom is 0.387 e. The summed E-state index contributed by atoms with van der Waals surface area (Å²) in [6.45, 7) is -2.81. The highest BCUT2D eigenvalue weighted by molar-refractivity contribution is 9.09. The van der Waals surface area contributed by atoms with Gasteiger partial charge in [0.25, 0.3) is 0 Å². The fraction of sp³-hybridized carbons (Fsp3) is 0.400. The third kappa shape index (κ3) is 2.13. The average molecular weight is 279 g/mol. The minimum atomic E-state index is -2.81. The summed E-state index contributed by atoms with van der Waals surface area (Å²) in [6.07, 6.45) is 0.0531. The van der Waals surface area contributed by atoms with E-state index in [0.29, 0.717) is 6.42 Å². The quantitative estimate of drug-likeness (QED) is 0.843. The van der Waals surface area contributed by atoms with Crippen LogP contribution in [0.5, 0.6) is 5.75 Å². The Morgan fingerprint density at radius 1 is 1.47 bits per heavy atom. The lowest BCUT2D eigenvalue weighted by molar-refractivity contribution is -0.0498. The molecule has 0 saturated heterocycles. The zero-order chi connectivity index (χ0) is 11.0. The van der Waals surface area contributed by atoms with Crippen LogP contribution in [0.2, 0.25) is 0 Å². The second kappa shape index (κ2) is 4.06. The molecule has 1 aromatic rings. The molecular formula is C10H9BrF2O2. The molecule has 0 fully saturated rings. The molecule has 2 nitrogen and oxygen atoms in total. The molecule has 1 aliphatic rings. The molecule has 2 unspecified atom stereocenters. The predicted molar refractivity (Wildman–Crippen MR) is 54.5 cm³/mol. The fourth-order valence-electron chi connectivity index (χ4n) is 1.74. The smallest absolute Gasteiger partial charge is 0.387 e. The van der Waals surface area contributed by atoms with Crippen molar-refractivity contribution in [2.24, 2.45) is 0 Å². The number of aliphatic hydroxyl groups is 1. The highest BCUT2D eigenvalue weighted by Crippen LogP contribution is 2.37. The molecule has 1 N–H and O–H groups in total. The van der Waals surface area contributed by atoms with Crippen molar-refractivity contribution in [3.05, 3.63) is 29.3 Å². The maximum absolute atomic E-state index is 11.9. The van der Waals surface area contributed by atoms with E-state index < -0.39 is 12.7 Å². The van der Waals surface area contributed by atoms with Gasteiger partial charge in [0.05, 0.1) is 6.10 Å². The van der Waals surface area contributed by atoms with Gasteiger partial charge < -0.3 is 9.84 Å². The highest BCUT2D eigenvalue weighted by atomic mass is 79.9. The van der Waals surface area contributed by atoms with E-state index in [1.54, 1.807) is 12.1 Å². The SMILES string of the molecule is OC1c2ccc(OC(F)F)cc2CC1Br. The summed E-state index contributed by atoms with van der Waals surface area (Å²) >= 11 is 3.32. The standard InChI is InChI=1S/C10H9BrF2O2/c11-8-4-5-3-6(15-10(12)13)1-2-7(5)9(8)14/h1-3,8-10,14H,4H2. The zero-order valence-electron chi connectivity index (χ0n) is 7.66. The van der Waals surface area contributed by atoms with Gasteiger partial charge in [-0.1, -0.05) is 22.0 Å². The van der Waals surface area contributed by atoms with Crippen molar-refractivity contribution in [3.8, 4) is 5.75 Å². The molecule has 0 radical (unpaired) electrons. The Kier molecular flexibility index (Phi) is 2.93. The van der Waals surface area contributed by atoms with E-state index in [9.17, 15) is 13.9 Å². The predicted octanol–water partition coefficient (Wildman–Crippen LogP) is 2.64. The van der Waals surface area contributed by atoms with Gasteiger partial charge in [0, 0.05) is 4.83 Å². The van der Waals surface area contributed by atoms with Gasteiger partial charge in [0.15, 0.2) is 0 Å². The van der Waals surface area contributed by atoms with E-state index in [2.05, 4.69) is 20.7 Å². The Morgan fingerprint density at radius 2 is 2.20 bits per heavy atom. The Bertz CT molecular complexity index is 370. The van der Waals surface area contributed by atoms with Crippen molar-refractivity contribution in [3.63, 3.8) is 0 Å². The first-order chi connectivity index (χ1) is 7.08. The summed E-state index contributed by atoms with van der Waals surface area (Å²) < 4.78 is 28.2. The first-order valence-electron chi connectivity index (χ1n) is 4.47. The minimum absolute atomic E-state index is 0.0469. The summed E-state index contributed by atoms with van der Waals surface area (Å²) in [5.74, 6) is 0.137. The van der Waals surface area contributed by atoms with Gasteiger partial charge in [0.1, 0.15) is 5.75 Å². The second-order valence-corrected chi connectivity index (χ2v) is 4.58. The molecular weight excluding hydrogens is 270 g/mol. The molecule has 0 saturated carbocycles. The van der Waals surface area contributed by atoms with Crippen molar-refractivity contribution in [1.82, 2.24) is 0 Å². The van der Waals surface area contributed by atoms with Crippen LogP contribution in [-0.2, 0) is 6.42 Å². The molecule has 15 heavy (non-hydrogen) atoms. The highest BCUT2D eigenvalue weighted by Gasteiger charge is 2.29. The minimum Gasteiger partial charge on any atom is -0.435 e. The molecule has 2 rings (SSSR count). The summed E-state index contributed by atoms with van der Waals surface area (Å²) in [5, 5.41) is 9.69. The van der Waals surface area contributed by atoms with E-state index in [1.165, 1.54) is 6.07 Å². The lowest BCUT2D eigenvalue weighted by Crippen LogP contribution is -2.04. The fourth-order valence-corrected chi connectivity index (χ4v) is 2.37. The van der Waals surface area contributed by atoms with Crippen molar-refractivity contribution >= 4 is 15.9 Å². The molecule has 1 aliphatic carbocycles. The maximum atomic E-state index is 11.9. The monoisotopic (exact) mass is 278 g/mol. The van der Waals surface area contributed by atoms with Crippen LogP contribution in [0.3, 0.4) is 0 Å². The summed E-state index contributed by atoms with van der Waals surface area (Å²) in [4.78, 5) is -0.0469. The van der Waals surface area contributed by atoms with Gasteiger partial charge in [-0.2, -0.15) is 8.78 Å². The molecule has 82 valence electrons. The van der Waals surface area contributed by atoms with E-state index in [4.69, 9.17) is 0 Å². The number of alkyl halides is 3. The second-order valence-electron chi connectivity index (χ2n) is 3.40. The summed E-state index contributed by atoms with van der Waals surface area (Å²) in [5.41, 5.74) is 1.63. The van der Waals surface area contributed by atoms with E-state index in [1.807, 2.05) is 0 Å². The third-order valence-electron chi connectivity index (χ3n) is 2.42. The number of ether oxygens (including phenoxy) is 1. The van der Waals surface area contributed by atoms with Gasteiger partial charge in [-0.15, -0.1) is 0 Å². The van der Waals surface area contributed by atoms with Gasteiger partial charge in [-0.25, -0.2) is 0 Å². The number of hydrogen-bond acceptors (Lipinski definition) is 2. The van der Waals surface area contributed by atoms with Crippen LogP contribution in [0.4, 0.5) is 8.78 Å². The number of hydrogen-bond donors (Lipinski definition) is 1. The molecule has 0 amide bonds. The summed E-state index contributed by atoms with van der Waals surface area (Å²) in [6, 6.07) is 4.62. The Balaban J connectivity index is 2.25. The van der Waals surface area contributed by atoms with Crippen LogP contribution in [0.15, 0.2) is 18.2 Å². The average Bonchev–Trinajstić information content (AvgIpc) is 2.41. The van der Waals surface area contributed by atoms with Crippen LogP contribution >= 0.6 is 15.9 Å². The molecule has 0 aliphatic heterocycles. The first-order valence-corrected chi connectivity index (χ1v) is 5.39. The van der Waals surface area contributed by atoms with Crippen molar-refractivity contribution in [2.75, 3.05) is 0 Å². The number of rotatable bonds is 2. The first kappa shape index (κ1) is 10.8. The third-order valence-corrected chi connectivity index (χ3v) is 3.24. The zero-order valence-corrected chi connectivity index (χ0v) is 9.25. The molecule has 1 aromatic carbocycles. The Morgan fingerprint density at radius 3 is 2.87 bits per heavy atom. The van der Waals surface area contributed by atoms with Crippen LogP contribution in [0.25, 0.3) is 0 Å².